The van der Waals surface area contributed by atoms with Gasteiger partial charge in [-0.15, -0.1) is 0 Å². The first kappa shape index (κ1) is 12.0. The van der Waals surface area contributed by atoms with E-state index in [1.54, 1.807) is 0 Å². The number of benzene rings is 1. The van der Waals surface area contributed by atoms with Crippen LogP contribution in [0.5, 0.6) is 0 Å². The van der Waals surface area contributed by atoms with Crippen LogP contribution in [0.25, 0.3) is 0 Å². The summed E-state index contributed by atoms with van der Waals surface area (Å²) in [5.74, 6) is -0.249. The highest BCUT2D eigenvalue weighted by atomic mass is 16.5. The average molecular weight is 233 g/mol. The number of hydrogen-bond donors (Lipinski definition) is 0. The van der Waals surface area contributed by atoms with Crippen LogP contribution in [-0.4, -0.2) is 26.2 Å². The second-order valence-corrected chi connectivity index (χ2v) is 4.49. The standard InChI is InChI=1S/C14H19NO2/c1-11-12(14(16)17-2)7-6-8-13(11)15-9-4-3-5-10-15/h6-8H,3-5,9-10H2,1-2H3. The molecule has 0 aromatic heterocycles. The first-order valence-electron chi connectivity index (χ1n) is 6.17. The Morgan fingerprint density at radius 2 is 1.94 bits per heavy atom. The van der Waals surface area contributed by atoms with Crippen LogP contribution in [0.3, 0.4) is 0 Å². The van der Waals surface area contributed by atoms with E-state index in [0.29, 0.717) is 5.56 Å². The van der Waals surface area contributed by atoms with Gasteiger partial charge in [-0.1, -0.05) is 6.07 Å². The van der Waals surface area contributed by atoms with E-state index in [4.69, 9.17) is 4.74 Å². The molecule has 0 amide bonds. The molecule has 1 saturated heterocycles. The normalized spacial score (nSPS) is 15.8. The summed E-state index contributed by atoms with van der Waals surface area (Å²) in [5, 5.41) is 0. The van der Waals surface area contributed by atoms with Crippen molar-refractivity contribution in [3.8, 4) is 0 Å². The second kappa shape index (κ2) is 5.21. The lowest BCUT2D eigenvalue weighted by Gasteiger charge is -2.30. The third-order valence-electron chi connectivity index (χ3n) is 3.41. The molecule has 0 bridgehead atoms. The van der Waals surface area contributed by atoms with Gasteiger partial charge in [0, 0.05) is 18.8 Å². The summed E-state index contributed by atoms with van der Waals surface area (Å²) in [6, 6.07) is 5.85. The molecule has 92 valence electrons. The van der Waals surface area contributed by atoms with Gasteiger partial charge in [0.1, 0.15) is 0 Å². The van der Waals surface area contributed by atoms with E-state index in [9.17, 15) is 4.79 Å². The molecule has 0 N–H and O–H groups in total. The smallest absolute Gasteiger partial charge is 0.338 e. The lowest BCUT2D eigenvalue weighted by atomic mass is 10.0. The van der Waals surface area contributed by atoms with Crippen molar-refractivity contribution < 1.29 is 9.53 Å². The minimum absolute atomic E-state index is 0.249. The third kappa shape index (κ3) is 2.43. The minimum atomic E-state index is -0.249. The van der Waals surface area contributed by atoms with Crippen LogP contribution in [0.15, 0.2) is 18.2 Å². The maximum Gasteiger partial charge on any atom is 0.338 e. The van der Waals surface area contributed by atoms with Crippen LogP contribution >= 0.6 is 0 Å². The highest BCUT2D eigenvalue weighted by Gasteiger charge is 2.17. The Morgan fingerprint density at radius 1 is 1.24 bits per heavy atom. The molecule has 1 aliphatic rings. The highest BCUT2D eigenvalue weighted by Crippen LogP contribution is 2.26. The monoisotopic (exact) mass is 233 g/mol. The molecular formula is C14H19NO2. The molecule has 17 heavy (non-hydrogen) atoms. The van der Waals surface area contributed by atoms with E-state index in [2.05, 4.69) is 11.0 Å². The van der Waals surface area contributed by atoms with Crippen LogP contribution in [-0.2, 0) is 4.74 Å². The Labute approximate surface area is 102 Å². The van der Waals surface area contributed by atoms with Crippen molar-refractivity contribution in [2.24, 2.45) is 0 Å². The molecule has 3 heteroatoms. The maximum atomic E-state index is 11.6. The van der Waals surface area contributed by atoms with Gasteiger partial charge in [0.05, 0.1) is 12.7 Å². The first-order valence-corrected chi connectivity index (χ1v) is 6.17. The predicted octanol–water partition coefficient (Wildman–Crippen LogP) is 2.77. The van der Waals surface area contributed by atoms with E-state index < -0.39 is 0 Å². The fraction of sp³-hybridized carbons (Fsp3) is 0.500. The molecule has 1 aromatic carbocycles. The van der Waals surface area contributed by atoms with Crippen LogP contribution in [0, 0.1) is 6.92 Å². The number of esters is 1. The van der Waals surface area contributed by atoms with Gasteiger partial charge in [-0.2, -0.15) is 0 Å². The summed E-state index contributed by atoms with van der Waals surface area (Å²) < 4.78 is 4.80. The Kier molecular flexibility index (Phi) is 3.67. The topological polar surface area (TPSA) is 29.5 Å². The van der Waals surface area contributed by atoms with Crippen molar-refractivity contribution in [3.05, 3.63) is 29.3 Å². The summed E-state index contributed by atoms with van der Waals surface area (Å²) in [7, 11) is 1.43. The molecule has 1 heterocycles. The zero-order chi connectivity index (χ0) is 12.3. The molecular weight excluding hydrogens is 214 g/mol. The quantitative estimate of drug-likeness (QED) is 0.736. The van der Waals surface area contributed by atoms with Gasteiger partial charge in [-0.05, 0) is 43.9 Å². The van der Waals surface area contributed by atoms with Crippen LogP contribution in [0.1, 0.15) is 35.2 Å². The van der Waals surface area contributed by atoms with E-state index in [0.717, 1.165) is 18.7 Å². The number of nitrogens with zero attached hydrogens (tertiary/aromatic N) is 1. The molecule has 0 unspecified atom stereocenters. The Morgan fingerprint density at radius 3 is 2.59 bits per heavy atom. The predicted molar refractivity (Wildman–Crippen MR) is 68.6 cm³/mol. The number of methoxy groups -OCH3 is 1. The zero-order valence-corrected chi connectivity index (χ0v) is 10.5. The van der Waals surface area contributed by atoms with E-state index in [-0.39, 0.29) is 5.97 Å². The van der Waals surface area contributed by atoms with Crippen molar-refractivity contribution in [2.45, 2.75) is 26.2 Å². The van der Waals surface area contributed by atoms with E-state index in [1.807, 2.05) is 19.1 Å². The minimum Gasteiger partial charge on any atom is -0.465 e. The van der Waals surface area contributed by atoms with Crippen molar-refractivity contribution in [1.29, 1.82) is 0 Å². The van der Waals surface area contributed by atoms with Gasteiger partial charge in [0.25, 0.3) is 0 Å². The van der Waals surface area contributed by atoms with Crippen molar-refractivity contribution in [2.75, 3.05) is 25.1 Å². The van der Waals surface area contributed by atoms with Gasteiger partial charge in [0.15, 0.2) is 0 Å². The van der Waals surface area contributed by atoms with Crippen LogP contribution in [0.2, 0.25) is 0 Å². The number of hydrogen-bond acceptors (Lipinski definition) is 3. The second-order valence-electron chi connectivity index (χ2n) is 4.49. The molecule has 0 aliphatic carbocycles. The Balaban J connectivity index is 2.31. The molecule has 0 saturated carbocycles. The largest absolute Gasteiger partial charge is 0.465 e. The fourth-order valence-corrected chi connectivity index (χ4v) is 2.43. The number of carbonyl (C=O) groups is 1. The number of rotatable bonds is 2. The summed E-state index contributed by atoms with van der Waals surface area (Å²) in [4.78, 5) is 14.0. The Hall–Kier alpha value is -1.51. The van der Waals surface area contributed by atoms with Gasteiger partial charge in [-0.3, -0.25) is 0 Å². The Bertz CT molecular complexity index is 409. The molecule has 0 spiro atoms. The van der Waals surface area contributed by atoms with Gasteiger partial charge in [-0.25, -0.2) is 4.79 Å². The summed E-state index contributed by atoms with van der Waals surface area (Å²) in [6.45, 7) is 4.17. The summed E-state index contributed by atoms with van der Waals surface area (Å²) >= 11 is 0. The number of carbonyl (C=O) groups excluding carboxylic acids is 1. The van der Waals surface area contributed by atoms with Gasteiger partial charge in [0.2, 0.25) is 0 Å². The lowest BCUT2D eigenvalue weighted by molar-refractivity contribution is 0.0600. The van der Waals surface area contributed by atoms with E-state index in [1.165, 1.54) is 32.1 Å². The molecule has 0 radical (unpaired) electrons. The van der Waals surface area contributed by atoms with Gasteiger partial charge < -0.3 is 9.64 Å². The molecule has 0 atom stereocenters. The van der Waals surface area contributed by atoms with Gasteiger partial charge >= 0.3 is 5.97 Å². The lowest BCUT2D eigenvalue weighted by Crippen LogP contribution is -2.30. The molecule has 2 rings (SSSR count). The number of ether oxygens (including phenoxy) is 1. The molecule has 1 aromatic rings. The third-order valence-corrected chi connectivity index (χ3v) is 3.41. The van der Waals surface area contributed by atoms with Crippen molar-refractivity contribution >= 4 is 11.7 Å². The average Bonchev–Trinajstić information content (AvgIpc) is 2.39. The maximum absolute atomic E-state index is 11.6. The van der Waals surface area contributed by atoms with E-state index >= 15 is 0 Å². The summed E-state index contributed by atoms with van der Waals surface area (Å²) in [6.07, 6.45) is 3.79. The molecule has 3 nitrogen and oxygen atoms in total. The zero-order valence-electron chi connectivity index (χ0n) is 10.5. The highest BCUT2D eigenvalue weighted by molar-refractivity contribution is 5.92. The van der Waals surface area contributed by atoms with Crippen molar-refractivity contribution in [3.63, 3.8) is 0 Å². The fourth-order valence-electron chi connectivity index (χ4n) is 2.43. The SMILES string of the molecule is COC(=O)c1cccc(N2CCCCC2)c1C. The van der Waals surface area contributed by atoms with Crippen LogP contribution < -0.4 is 4.90 Å². The first-order chi connectivity index (χ1) is 8.24. The summed E-state index contributed by atoms with van der Waals surface area (Å²) in [5.41, 5.74) is 2.88. The molecule has 1 fully saturated rings. The number of piperidine rings is 1. The van der Waals surface area contributed by atoms with Crippen LogP contribution in [0.4, 0.5) is 5.69 Å². The molecule has 1 aliphatic heterocycles. The van der Waals surface area contributed by atoms with Crippen molar-refractivity contribution in [1.82, 2.24) is 0 Å². The number of anilines is 1.